The number of aliphatic carboxylic acids is 1. The molecule has 6 nitrogen and oxygen atoms in total. The molecule has 66 valence electrons. The fraction of sp³-hybridized carbons (Fsp3) is 0.500. The van der Waals surface area contributed by atoms with Crippen molar-refractivity contribution in [1.29, 1.82) is 0 Å². The Kier molecular flexibility index (Phi) is 2.76. The fourth-order valence-corrected chi connectivity index (χ4v) is 0.798. The van der Waals surface area contributed by atoms with Crippen LogP contribution in [0.15, 0.2) is 6.33 Å². The molecule has 0 aliphatic heterocycles. The molecular weight excluding hydrogens is 162 g/mol. The highest BCUT2D eigenvalue weighted by molar-refractivity contribution is 5.66. The number of hydrogen-bond donors (Lipinski definition) is 1. The van der Waals surface area contributed by atoms with E-state index in [2.05, 4.69) is 10.2 Å². The summed E-state index contributed by atoms with van der Waals surface area (Å²) in [5.41, 5.74) is 0. The van der Waals surface area contributed by atoms with E-state index in [4.69, 9.17) is 9.84 Å². The Bertz CT molecular complexity index is 271. The highest BCUT2D eigenvalue weighted by Gasteiger charge is 2.06. The van der Waals surface area contributed by atoms with Crippen LogP contribution in [-0.4, -0.2) is 33.0 Å². The van der Waals surface area contributed by atoms with Crippen LogP contribution in [0.1, 0.15) is 5.82 Å². The van der Waals surface area contributed by atoms with Gasteiger partial charge in [-0.3, -0.25) is 4.79 Å². The molecular formula is C6H9N3O3. The molecule has 1 aromatic heterocycles. The zero-order chi connectivity index (χ0) is 8.97. The van der Waals surface area contributed by atoms with Crippen molar-refractivity contribution in [3.63, 3.8) is 0 Å². The van der Waals surface area contributed by atoms with Gasteiger partial charge in [-0.15, -0.1) is 10.2 Å². The Morgan fingerprint density at radius 2 is 2.58 bits per heavy atom. The number of hydrogen-bond acceptors (Lipinski definition) is 4. The maximum absolute atomic E-state index is 10.3. The Labute approximate surface area is 68.8 Å². The Balaban J connectivity index is 2.69. The topological polar surface area (TPSA) is 77.2 Å². The van der Waals surface area contributed by atoms with Gasteiger partial charge in [0.1, 0.15) is 19.5 Å². The first-order valence-electron chi connectivity index (χ1n) is 3.31. The van der Waals surface area contributed by atoms with Crippen molar-refractivity contribution in [3.8, 4) is 0 Å². The van der Waals surface area contributed by atoms with Crippen molar-refractivity contribution in [2.75, 3.05) is 7.11 Å². The van der Waals surface area contributed by atoms with Crippen molar-refractivity contribution >= 4 is 5.97 Å². The van der Waals surface area contributed by atoms with E-state index >= 15 is 0 Å². The summed E-state index contributed by atoms with van der Waals surface area (Å²) in [5.74, 6) is -0.410. The lowest BCUT2D eigenvalue weighted by atomic mass is 10.5. The monoisotopic (exact) mass is 171 g/mol. The first-order valence-corrected chi connectivity index (χ1v) is 3.31. The van der Waals surface area contributed by atoms with Crippen LogP contribution in [-0.2, 0) is 22.7 Å². The van der Waals surface area contributed by atoms with E-state index in [1.807, 2.05) is 0 Å². The average molecular weight is 171 g/mol. The summed E-state index contributed by atoms with van der Waals surface area (Å²) in [6, 6.07) is 0. The summed E-state index contributed by atoms with van der Waals surface area (Å²) >= 11 is 0. The zero-order valence-corrected chi connectivity index (χ0v) is 6.60. The van der Waals surface area contributed by atoms with Gasteiger partial charge >= 0.3 is 5.97 Å². The Morgan fingerprint density at radius 3 is 3.17 bits per heavy atom. The molecule has 0 aliphatic rings. The van der Waals surface area contributed by atoms with E-state index in [1.54, 1.807) is 0 Å². The van der Waals surface area contributed by atoms with Gasteiger partial charge in [-0.25, -0.2) is 0 Å². The molecule has 0 saturated carbocycles. The highest BCUT2D eigenvalue weighted by atomic mass is 16.5. The zero-order valence-electron chi connectivity index (χ0n) is 6.60. The maximum atomic E-state index is 10.3. The van der Waals surface area contributed by atoms with Crippen LogP contribution >= 0.6 is 0 Å². The third kappa shape index (κ3) is 2.03. The summed E-state index contributed by atoms with van der Waals surface area (Å²) in [4.78, 5) is 10.3. The van der Waals surface area contributed by atoms with E-state index in [0.717, 1.165) is 0 Å². The molecule has 0 saturated heterocycles. The minimum atomic E-state index is -0.924. The fourth-order valence-electron chi connectivity index (χ4n) is 0.798. The molecule has 1 aromatic rings. The molecule has 1 heterocycles. The first-order chi connectivity index (χ1) is 5.74. The van der Waals surface area contributed by atoms with E-state index < -0.39 is 5.97 Å². The van der Waals surface area contributed by atoms with Gasteiger partial charge in [-0.05, 0) is 0 Å². The van der Waals surface area contributed by atoms with E-state index in [1.165, 1.54) is 18.0 Å². The first kappa shape index (κ1) is 8.66. The van der Waals surface area contributed by atoms with Crippen LogP contribution in [0.5, 0.6) is 0 Å². The molecule has 0 aromatic carbocycles. The molecule has 1 rings (SSSR count). The third-order valence-electron chi connectivity index (χ3n) is 1.27. The van der Waals surface area contributed by atoms with Gasteiger partial charge in [0.25, 0.3) is 0 Å². The second-order valence-corrected chi connectivity index (χ2v) is 2.20. The van der Waals surface area contributed by atoms with Crippen molar-refractivity contribution < 1.29 is 14.6 Å². The van der Waals surface area contributed by atoms with E-state index in [-0.39, 0.29) is 13.2 Å². The number of nitrogens with zero attached hydrogens (tertiary/aromatic N) is 3. The van der Waals surface area contributed by atoms with Crippen molar-refractivity contribution in [3.05, 3.63) is 12.2 Å². The predicted molar refractivity (Wildman–Crippen MR) is 38.4 cm³/mol. The standard InChI is InChI=1S/C6H9N3O3/c1-12-3-5-8-7-4-9(5)2-6(10)11/h4H,2-3H2,1H3,(H,10,11). The second kappa shape index (κ2) is 3.82. The van der Waals surface area contributed by atoms with Crippen molar-refractivity contribution in [1.82, 2.24) is 14.8 Å². The molecule has 0 spiro atoms. The predicted octanol–water partition coefficient (Wildman–Crippen LogP) is -0.491. The van der Waals surface area contributed by atoms with Gasteiger partial charge in [0, 0.05) is 7.11 Å². The lowest BCUT2D eigenvalue weighted by Crippen LogP contribution is -2.11. The van der Waals surface area contributed by atoms with Crippen LogP contribution in [0, 0.1) is 0 Å². The van der Waals surface area contributed by atoms with Crippen LogP contribution < -0.4 is 0 Å². The number of carboxylic acid groups (broad SMARTS) is 1. The van der Waals surface area contributed by atoms with Gasteiger partial charge in [-0.2, -0.15) is 0 Å². The molecule has 0 atom stereocenters. The molecule has 1 N–H and O–H groups in total. The van der Waals surface area contributed by atoms with E-state index in [9.17, 15) is 4.79 Å². The summed E-state index contributed by atoms with van der Waals surface area (Å²) < 4.78 is 6.21. The molecule has 6 heteroatoms. The van der Waals surface area contributed by atoms with Crippen LogP contribution in [0.4, 0.5) is 0 Å². The van der Waals surface area contributed by atoms with Crippen LogP contribution in [0.25, 0.3) is 0 Å². The molecule has 0 radical (unpaired) electrons. The molecule has 0 unspecified atom stereocenters. The van der Waals surface area contributed by atoms with Gasteiger partial charge in [-0.1, -0.05) is 0 Å². The normalized spacial score (nSPS) is 10.1. The van der Waals surface area contributed by atoms with Crippen molar-refractivity contribution in [2.24, 2.45) is 0 Å². The lowest BCUT2D eigenvalue weighted by molar-refractivity contribution is -0.137. The van der Waals surface area contributed by atoms with Gasteiger partial charge in [0.15, 0.2) is 5.82 Å². The third-order valence-corrected chi connectivity index (χ3v) is 1.27. The van der Waals surface area contributed by atoms with E-state index in [0.29, 0.717) is 5.82 Å². The second-order valence-electron chi connectivity index (χ2n) is 2.20. The molecule has 12 heavy (non-hydrogen) atoms. The minimum Gasteiger partial charge on any atom is -0.480 e. The molecule has 0 amide bonds. The molecule has 0 aliphatic carbocycles. The summed E-state index contributed by atoms with van der Waals surface area (Å²) in [5, 5.41) is 15.7. The van der Waals surface area contributed by atoms with Crippen LogP contribution in [0.2, 0.25) is 0 Å². The Hall–Kier alpha value is -1.43. The number of methoxy groups -OCH3 is 1. The van der Waals surface area contributed by atoms with Gasteiger partial charge in [0.2, 0.25) is 0 Å². The quantitative estimate of drug-likeness (QED) is 0.661. The highest BCUT2D eigenvalue weighted by Crippen LogP contribution is 1.95. The smallest absolute Gasteiger partial charge is 0.323 e. The lowest BCUT2D eigenvalue weighted by Gasteiger charge is -2.00. The molecule has 0 fully saturated rings. The number of carbonyl (C=O) groups is 1. The SMILES string of the molecule is COCc1nncn1CC(=O)O. The van der Waals surface area contributed by atoms with Gasteiger partial charge in [0.05, 0.1) is 0 Å². The molecule has 0 bridgehead atoms. The largest absolute Gasteiger partial charge is 0.480 e. The number of aromatic nitrogens is 3. The average Bonchev–Trinajstić information content (AvgIpc) is 2.37. The maximum Gasteiger partial charge on any atom is 0.323 e. The van der Waals surface area contributed by atoms with Crippen molar-refractivity contribution in [2.45, 2.75) is 13.2 Å². The summed E-state index contributed by atoms with van der Waals surface area (Å²) in [6.45, 7) is 0.138. The summed E-state index contributed by atoms with van der Waals surface area (Å²) in [7, 11) is 1.51. The summed E-state index contributed by atoms with van der Waals surface area (Å²) in [6.07, 6.45) is 1.36. The Morgan fingerprint density at radius 1 is 1.83 bits per heavy atom. The number of ether oxygens (including phenoxy) is 1. The number of rotatable bonds is 4. The minimum absolute atomic E-state index is 0.133. The van der Waals surface area contributed by atoms with Crippen LogP contribution in [0.3, 0.4) is 0 Å². The number of carboxylic acids is 1. The van der Waals surface area contributed by atoms with Gasteiger partial charge < -0.3 is 14.4 Å².